The first-order valence-corrected chi connectivity index (χ1v) is 12.0. The van der Waals surface area contributed by atoms with Gasteiger partial charge in [0.1, 0.15) is 12.1 Å². The van der Waals surface area contributed by atoms with Crippen LogP contribution in [0.15, 0.2) is 48.5 Å². The molecule has 1 unspecified atom stereocenters. The number of nitrogens with one attached hydrogen (secondary N) is 2. The first kappa shape index (κ1) is 25.3. The predicted octanol–water partition coefficient (Wildman–Crippen LogP) is 4.84. The monoisotopic (exact) mass is 466 g/mol. The lowest BCUT2D eigenvalue weighted by Crippen LogP contribution is -2.59. The Morgan fingerprint density at radius 1 is 1.00 bits per heavy atom. The van der Waals surface area contributed by atoms with Crippen LogP contribution in [0.4, 0.5) is 4.79 Å². The highest BCUT2D eigenvalue weighted by Gasteiger charge is 2.38. The molecule has 0 spiro atoms. The standard InChI is InChI=1S/C27H34N2O5/c1-4-27(5-2,25(32)28-18(3)11-10-16-24(30)31)29-26(33)34-17-23-21-14-8-6-12-19(21)20-13-7-9-15-22(20)23/h6-9,12-15,18,23H,4-5,10-11,16-17H2,1-3H3,(H,28,32)(H,29,33)(H,30,31). The van der Waals surface area contributed by atoms with Gasteiger partial charge in [0.15, 0.2) is 0 Å². The molecular weight excluding hydrogens is 432 g/mol. The quantitative estimate of drug-likeness (QED) is 0.439. The number of carboxylic acids is 1. The van der Waals surface area contributed by atoms with Gasteiger partial charge in [0, 0.05) is 18.4 Å². The van der Waals surface area contributed by atoms with Crippen LogP contribution in [0.1, 0.15) is 69.9 Å². The molecule has 7 heteroatoms. The largest absolute Gasteiger partial charge is 0.481 e. The molecule has 0 saturated heterocycles. The van der Waals surface area contributed by atoms with E-state index in [0.717, 1.165) is 22.3 Å². The molecule has 3 N–H and O–H groups in total. The minimum absolute atomic E-state index is 0.0566. The van der Waals surface area contributed by atoms with Gasteiger partial charge in [-0.3, -0.25) is 9.59 Å². The number of fused-ring (bicyclic) bond motifs is 3. The molecule has 34 heavy (non-hydrogen) atoms. The van der Waals surface area contributed by atoms with Crippen molar-refractivity contribution in [3.05, 3.63) is 59.7 Å². The third-order valence-electron chi connectivity index (χ3n) is 6.73. The van der Waals surface area contributed by atoms with Gasteiger partial charge in [-0.1, -0.05) is 62.4 Å². The summed E-state index contributed by atoms with van der Waals surface area (Å²) < 4.78 is 5.65. The Hall–Kier alpha value is -3.35. The number of amides is 2. The molecule has 3 rings (SSSR count). The second-order valence-corrected chi connectivity index (χ2v) is 8.90. The molecule has 182 valence electrons. The number of hydrogen-bond acceptors (Lipinski definition) is 4. The van der Waals surface area contributed by atoms with Crippen molar-refractivity contribution in [2.45, 2.75) is 70.4 Å². The van der Waals surface area contributed by atoms with Crippen molar-refractivity contribution < 1.29 is 24.2 Å². The Kier molecular flexibility index (Phi) is 8.31. The van der Waals surface area contributed by atoms with E-state index in [0.29, 0.717) is 25.7 Å². The smallest absolute Gasteiger partial charge is 0.408 e. The highest BCUT2D eigenvalue weighted by atomic mass is 16.5. The van der Waals surface area contributed by atoms with Crippen molar-refractivity contribution in [1.82, 2.24) is 10.6 Å². The van der Waals surface area contributed by atoms with E-state index in [1.165, 1.54) is 0 Å². The van der Waals surface area contributed by atoms with E-state index in [1.807, 2.05) is 45.0 Å². The van der Waals surface area contributed by atoms with Gasteiger partial charge < -0.3 is 20.5 Å². The van der Waals surface area contributed by atoms with Crippen molar-refractivity contribution in [3.63, 3.8) is 0 Å². The fraction of sp³-hybridized carbons (Fsp3) is 0.444. The highest BCUT2D eigenvalue weighted by molar-refractivity contribution is 5.90. The summed E-state index contributed by atoms with van der Waals surface area (Å²) in [5, 5.41) is 14.5. The number of aliphatic carboxylic acids is 1. The van der Waals surface area contributed by atoms with E-state index in [1.54, 1.807) is 0 Å². The molecule has 0 heterocycles. The number of benzene rings is 2. The predicted molar refractivity (Wildman–Crippen MR) is 131 cm³/mol. The van der Waals surface area contributed by atoms with Gasteiger partial charge in [-0.05, 0) is 54.9 Å². The summed E-state index contributed by atoms with van der Waals surface area (Å²) in [6, 6.07) is 16.1. The van der Waals surface area contributed by atoms with Crippen molar-refractivity contribution in [3.8, 4) is 11.1 Å². The van der Waals surface area contributed by atoms with Crippen LogP contribution in [-0.2, 0) is 14.3 Å². The van der Waals surface area contributed by atoms with Crippen LogP contribution in [0.3, 0.4) is 0 Å². The lowest BCUT2D eigenvalue weighted by molar-refractivity contribution is -0.137. The number of hydrogen-bond donors (Lipinski definition) is 3. The van der Waals surface area contributed by atoms with E-state index >= 15 is 0 Å². The summed E-state index contributed by atoms with van der Waals surface area (Å²) in [5.74, 6) is -1.19. The lowest BCUT2D eigenvalue weighted by atomic mass is 9.91. The third kappa shape index (κ3) is 5.58. The Balaban J connectivity index is 1.63. The number of carbonyl (C=O) groups excluding carboxylic acids is 2. The molecule has 1 aliphatic carbocycles. The summed E-state index contributed by atoms with van der Waals surface area (Å²) >= 11 is 0. The summed E-state index contributed by atoms with van der Waals surface area (Å²) in [7, 11) is 0. The fourth-order valence-corrected chi connectivity index (χ4v) is 4.63. The first-order chi connectivity index (χ1) is 16.3. The SMILES string of the molecule is CCC(CC)(NC(=O)OCC1c2ccccc2-c2ccccc21)C(=O)NC(C)CCCC(=O)O. The Morgan fingerprint density at radius 3 is 2.09 bits per heavy atom. The zero-order valence-corrected chi connectivity index (χ0v) is 20.1. The molecule has 2 amide bonds. The molecule has 2 aromatic carbocycles. The van der Waals surface area contributed by atoms with Gasteiger partial charge >= 0.3 is 12.1 Å². The zero-order valence-electron chi connectivity index (χ0n) is 20.1. The number of carbonyl (C=O) groups is 3. The summed E-state index contributed by atoms with van der Waals surface area (Å²) in [6.07, 6.45) is 1.27. The summed E-state index contributed by atoms with van der Waals surface area (Å²) in [5.41, 5.74) is 3.46. The van der Waals surface area contributed by atoms with Gasteiger partial charge in [-0.25, -0.2) is 4.79 Å². The number of alkyl carbamates (subject to hydrolysis) is 1. The molecular formula is C27H34N2O5. The topological polar surface area (TPSA) is 105 Å². The third-order valence-corrected chi connectivity index (χ3v) is 6.73. The molecule has 2 aromatic rings. The van der Waals surface area contributed by atoms with Crippen molar-refractivity contribution >= 4 is 18.0 Å². The van der Waals surface area contributed by atoms with Crippen molar-refractivity contribution in [2.75, 3.05) is 6.61 Å². The minimum atomic E-state index is -1.09. The number of carboxylic acid groups (broad SMARTS) is 1. The number of rotatable bonds is 11. The van der Waals surface area contributed by atoms with Crippen LogP contribution >= 0.6 is 0 Å². The average molecular weight is 467 g/mol. The summed E-state index contributed by atoms with van der Waals surface area (Å²) in [6.45, 7) is 5.71. The van der Waals surface area contributed by atoms with E-state index in [2.05, 4.69) is 34.9 Å². The molecule has 0 radical (unpaired) electrons. The maximum Gasteiger partial charge on any atom is 0.408 e. The van der Waals surface area contributed by atoms with Crippen LogP contribution in [0.25, 0.3) is 11.1 Å². The minimum Gasteiger partial charge on any atom is -0.481 e. The van der Waals surface area contributed by atoms with E-state index < -0.39 is 17.6 Å². The van der Waals surface area contributed by atoms with Crippen molar-refractivity contribution in [1.29, 1.82) is 0 Å². The van der Waals surface area contributed by atoms with Crippen molar-refractivity contribution in [2.24, 2.45) is 0 Å². The molecule has 0 aromatic heterocycles. The fourth-order valence-electron chi connectivity index (χ4n) is 4.63. The Morgan fingerprint density at radius 2 is 1.56 bits per heavy atom. The van der Waals surface area contributed by atoms with Crippen LogP contribution in [0.2, 0.25) is 0 Å². The first-order valence-electron chi connectivity index (χ1n) is 12.0. The Bertz CT molecular complexity index is 986. The van der Waals surface area contributed by atoms with Crippen LogP contribution in [0, 0.1) is 0 Å². The van der Waals surface area contributed by atoms with Gasteiger partial charge in [0.25, 0.3) is 0 Å². The van der Waals surface area contributed by atoms with Crippen LogP contribution in [-0.4, -0.2) is 41.3 Å². The molecule has 0 saturated carbocycles. The normalized spacial score (nSPS) is 13.5. The van der Waals surface area contributed by atoms with Crippen LogP contribution < -0.4 is 10.6 Å². The van der Waals surface area contributed by atoms with E-state index in [-0.39, 0.29) is 30.9 Å². The van der Waals surface area contributed by atoms with Gasteiger partial charge in [-0.15, -0.1) is 0 Å². The van der Waals surface area contributed by atoms with E-state index in [4.69, 9.17) is 9.84 Å². The van der Waals surface area contributed by atoms with Gasteiger partial charge in [0.05, 0.1) is 0 Å². The van der Waals surface area contributed by atoms with Crippen LogP contribution in [0.5, 0.6) is 0 Å². The zero-order chi connectivity index (χ0) is 24.7. The molecule has 0 bridgehead atoms. The molecule has 1 aliphatic rings. The molecule has 0 fully saturated rings. The van der Waals surface area contributed by atoms with Gasteiger partial charge in [-0.2, -0.15) is 0 Å². The van der Waals surface area contributed by atoms with E-state index in [9.17, 15) is 14.4 Å². The molecule has 0 aliphatic heterocycles. The lowest BCUT2D eigenvalue weighted by Gasteiger charge is -2.32. The maximum atomic E-state index is 13.1. The average Bonchev–Trinajstić information content (AvgIpc) is 3.14. The second-order valence-electron chi connectivity index (χ2n) is 8.90. The highest BCUT2D eigenvalue weighted by Crippen LogP contribution is 2.44. The maximum absolute atomic E-state index is 13.1. The second kappa shape index (κ2) is 11.2. The van der Waals surface area contributed by atoms with Gasteiger partial charge in [0.2, 0.25) is 5.91 Å². The Labute approximate surface area is 200 Å². The molecule has 1 atom stereocenters. The summed E-state index contributed by atoms with van der Waals surface area (Å²) in [4.78, 5) is 36.6. The number of ether oxygens (including phenoxy) is 1. The molecule has 7 nitrogen and oxygen atoms in total.